The van der Waals surface area contributed by atoms with Crippen molar-refractivity contribution in [2.75, 3.05) is 0 Å². The second-order valence-electron chi connectivity index (χ2n) is 10.2. The molecule has 0 heterocycles. The van der Waals surface area contributed by atoms with Gasteiger partial charge in [-0.25, -0.2) is 17.7 Å². The van der Waals surface area contributed by atoms with E-state index < -0.39 is 0 Å². The minimum absolute atomic E-state index is 0. The van der Waals surface area contributed by atoms with Crippen LogP contribution in [0, 0.1) is 18.1 Å². The van der Waals surface area contributed by atoms with Crippen molar-refractivity contribution >= 4 is 19.9 Å². The average Bonchev–Trinajstić information content (AvgIpc) is 3.68. The van der Waals surface area contributed by atoms with Crippen molar-refractivity contribution < 1.29 is 26.2 Å². The van der Waals surface area contributed by atoms with Crippen LogP contribution in [0.1, 0.15) is 45.2 Å². The predicted octanol–water partition coefficient (Wildman–Crippen LogP) is 8.57. The summed E-state index contributed by atoms with van der Waals surface area (Å²) in [4.78, 5) is 0. The molecule has 1 atom stereocenters. The van der Waals surface area contributed by atoms with Gasteiger partial charge in [0.2, 0.25) is 0 Å². The van der Waals surface area contributed by atoms with Gasteiger partial charge in [-0.1, -0.05) is 158 Å². The summed E-state index contributed by atoms with van der Waals surface area (Å²) in [6, 6.07) is 42.6. The third-order valence-corrected chi connectivity index (χ3v) is 8.58. The molecule has 0 N–H and O–H groups in total. The molecule has 2 aliphatic carbocycles. The molecule has 0 spiro atoms. The predicted molar refractivity (Wildman–Crippen MR) is 181 cm³/mol. The van der Waals surface area contributed by atoms with Crippen LogP contribution in [0.25, 0.3) is 0 Å². The van der Waals surface area contributed by atoms with E-state index in [9.17, 15) is 0 Å². The zero-order valence-electron chi connectivity index (χ0n) is 25.6. The largest absolute Gasteiger partial charge is 2.00 e. The second-order valence-corrected chi connectivity index (χ2v) is 11.9. The van der Waals surface area contributed by atoms with Crippen molar-refractivity contribution in [3.63, 3.8) is 0 Å². The summed E-state index contributed by atoms with van der Waals surface area (Å²) in [5.41, 5.74) is 7.07. The van der Waals surface area contributed by atoms with Crippen molar-refractivity contribution in [1.29, 1.82) is 0 Å². The molecule has 0 aromatic heterocycles. The van der Waals surface area contributed by atoms with Crippen molar-refractivity contribution in [3.8, 4) is 0 Å². The summed E-state index contributed by atoms with van der Waals surface area (Å²) >= 11 is 0. The Bertz CT molecular complexity index is 1300. The minimum Gasteiger partial charge on any atom is -0.273 e. The molecular weight excluding hydrogens is 600 g/mol. The van der Waals surface area contributed by atoms with Crippen LogP contribution in [-0.2, 0) is 39.0 Å². The normalized spacial score (nSPS) is 14.3. The van der Waals surface area contributed by atoms with Gasteiger partial charge >= 0.3 is 26.2 Å². The molecule has 0 saturated carbocycles. The minimum atomic E-state index is 0. The maximum absolute atomic E-state index is 3.36. The Balaban J connectivity index is 0.000000204. The van der Waals surface area contributed by atoms with Crippen LogP contribution >= 0.6 is 0 Å². The summed E-state index contributed by atoms with van der Waals surface area (Å²) in [6.45, 7) is 8.67. The first-order chi connectivity index (χ1) is 20.0. The van der Waals surface area contributed by atoms with Gasteiger partial charge in [-0.2, -0.15) is 17.2 Å². The van der Waals surface area contributed by atoms with E-state index in [0.29, 0.717) is 5.92 Å². The van der Waals surface area contributed by atoms with Gasteiger partial charge < -0.3 is 0 Å². The molecule has 0 saturated heterocycles. The molecule has 0 bridgehead atoms. The first-order valence-corrected chi connectivity index (χ1v) is 15.7. The van der Waals surface area contributed by atoms with Crippen LogP contribution < -0.4 is 10.4 Å². The summed E-state index contributed by atoms with van der Waals surface area (Å²) in [7, 11) is 0.271. The molecule has 1 radical (unpaired) electrons. The summed E-state index contributed by atoms with van der Waals surface area (Å²) in [5, 5.41) is 2.90. The molecule has 4 aromatic carbocycles. The zero-order valence-corrected chi connectivity index (χ0v) is 29.2. The van der Waals surface area contributed by atoms with E-state index in [4.69, 9.17) is 0 Å². The maximum atomic E-state index is 3.36. The Morgan fingerprint density at radius 3 is 1.33 bits per heavy atom. The first kappa shape index (κ1) is 35.1. The molecule has 42 heavy (non-hydrogen) atoms. The monoisotopic (exact) mass is 641 g/mol. The maximum Gasteiger partial charge on any atom is 2.00 e. The van der Waals surface area contributed by atoms with Crippen LogP contribution in [0.3, 0.4) is 0 Å². The molecule has 0 nitrogen and oxygen atoms in total. The van der Waals surface area contributed by atoms with Gasteiger partial charge in [0.25, 0.3) is 0 Å². The van der Waals surface area contributed by atoms with Crippen molar-refractivity contribution in [2.24, 2.45) is 5.92 Å². The van der Waals surface area contributed by atoms with Gasteiger partial charge in [0.05, 0.1) is 0 Å². The molecular formula is C40H43SiZr. The molecule has 4 aromatic rings. The van der Waals surface area contributed by atoms with E-state index in [1.165, 1.54) is 38.2 Å². The fourth-order valence-electron chi connectivity index (χ4n) is 4.37. The SMILES string of the molecule is CC1=[C-]C(C)C(C)=C1C.[C-]1=CC=CC1.[Zr+2].c1ccc(CCc2ccccc2)cc1.c1ccc([SiH]c2ccccc2)cc1. The Kier molecular flexibility index (Phi) is 17.4. The van der Waals surface area contributed by atoms with E-state index in [0.717, 1.165) is 19.3 Å². The third kappa shape index (κ3) is 13.7. The molecule has 0 aliphatic heterocycles. The van der Waals surface area contributed by atoms with Gasteiger partial charge in [0.15, 0.2) is 0 Å². The van der Waals surface area contributed by atoms with Gasteiger partial charge in [-0.05, 0) is 24.0 Å². The Labute approximate surface area is 277 Å². The second kappa shape index (κ2) is 20.8. The Morgan fingerprint density at radius 2 is 1.07 bits per heavy atom. The smallest absolute Gasteiger partial charge is 0.273 e. The Hall–Kier alpha value is -3.06. The molecule has 6 rings (SSSR count). The molecule has 0 amide bonds. The number of allylic oxidation sites excluding steroid dienone is 8. The van der Waals surface area contributed by atoms with Gasteiger partial charge in [-0.3, -0.25) is 12.2 Å². The van der Waals surface area contributed by atoms with E-state index in [1.54, 1.807) is 0 Å². The molecule has 211 valence electrons. The van der Waals surface area contributed by atoms with E-state index in [-0.39, 0.29) is 35.7 Å². The Morgan fingerprint density at radius 1 is 0.643 bits per heavy atom. The number of aryl methyl sites for hydroxylation is 2. The topological polar surface area (TPSA) is 0 Å². The van der Waals surface area contributed by atoms with Crippen LogP contribution in [0.4, 0.5) is 0 Å². The standard InChI is InChI=1S/C14H14.C12H11Si.C9H13.C5H5.Zr/c1-3-7-13(8-4-1)11-12-14-9-5-2-6-10-14;1-3-7-11(8-4-1)13-12-9-5-2-6-10-12;1-6-5-7(2)9(4)8(6)3;1-2-4-5-3-1;/h1-10H,11-12H2;1-10,13H;6H,1-4H3;1-3H,4H2;/q;;2*-1;+2. The van der Waals surface area contributed by atoms with Gasteiger partial charge in [0.1, 0.15) is 9.52 Å². The van der Waals surface area contributed by atoms with Crippen LogP contribution in [-0.4, -0.2) is 9.52 Å². The molecule has 1 unspecified atom stereocenters. The van der Waals surface area contributed by atoms with Crippen LogP contribution in [0.2, 0.25) is 0 Å². The van der Waals surface area contributed by atoms with Gasteiger partial charge in [-0.15, -0.1) is 13.3 Å². The summed E-state index contributed by atoms with van der Waals surface area (Å²) in [5.74, 6) is 0.560. The van der Waals surface area contributed by atoms with Crippen molar-refractivity contribution in [3.05, 3.63) is 180 Å². The van der Waals surface area contributed by atoms with E-state index >= 15 is 0 Å². The van der Waals surface area contributed by atoms with E-state index in [1.807, 2.05) is 12.2 Å². The fraction of sp³-hybridized carbons (Fsp3) is 0.200. The summed E-state index contributed by atoms with van der Waals surface area (Å²) in [6.07, 6.45) is 15.6. The van der Waals surface area contributed by atoms with Crippen molar-refractivity contribution in [1.82, 2.24) is 0 Å². The number of benzene rings is 4. The summed E-state index contributed by atoms with van der Waals surface area (Å²) < 4.78 is 0. The molecule has 2 heteroatoms. The van der Waals surface area contributed by atoms with E-state index in [2.05, 4.69) is 167 Å². The number of hydrogen-bond donors (Lipinski definition) is 0. The molecule has 2 aliphatic rings. The first-order valence-electron chi connectivity index (χ1n) is 14.5. The third-order valence-electron chi connectivity index (χ3n) is 7.14. The number of rotatable bonds is 5. The zero-order chi connectivity index (χ0) is 29.1. The average molecular weight is 643 g/mol. The fourth-order valence-corrected chi connectivity index (χ4v) is 5.59. The molecule has 0 fully saturated rings. The van der Waals surface area contributed by atoms with Gasteiger partial charge in [0, 0.05) is 0 Å². The van der Waals surface area contributed by atoms with Crippen molar-refractivity contribution in [2.45, 2.75) is 47.0 Å². The number of hydrogen-bond acceptors (Lipinski definition) is 0. The van der Waals surface area contributed by atoms with Crippen LogP contribution in [0.5, 0.6) is 0 Å². The quantitative estimate of drug-likeness (QED) is 0.151. The van der Waals surface area contributed by atoms with Crippen LogP contribution in [0.15, 0.2) is 156 Å².